The third-order valence-corrected chi connectivity index (χ3v) is 4.07. The zero-order valence-electron chi connectivity index (χ0n) is 11.2. The molecule has 0 bridgehead atoms. The number of thioether (sulfide) groups is 1. The molecule has 0 amide bonds. The summed E-state index contributed by atoms with van der Waals surface area (Å²) in [5.41, 5.74) is 0. The Morgan fingerprint density at radius 1 is 1.24 bits per heavy atom. The average Bonchev–Trinajstić information content (AvgIpc) is 2.27. The highest BCUT2D eigenvalue weighted by Gasteiger charge is 2.23. The second-order valence-electron chi connectivity index (χ2n) is 4.39. The average molecular weight is 264 g/mol. The summed E-state index contributed by atoms with van der Waals surface area (Å²) < 4.78 is 16.9. The molecule has 17 heavy (non-hydrogen) atoms. The van der Waals surface area contributed by atoms with Crippen molar-refractivity contribution in [3.63, 3.8) is 0 Å². The minimum Gasteiger partial charge on any atom is -0.465 e. The molecule has 0 fully saturated rings. The predicted octanol–water partition coefficient (Wildman–Crippen LogP) is 3.84. The van der Waals surface area contributed by atoms with Crippen LogP contribution in [0.5, 0.6) is 0 Å². The summed E-state index contributed by atoms with van der Waals surface area (Å²) in [4.78, 5) is 11.7. The van der Waals surface area contributed by atoms with E-state index in [9.17, 15) is 9.18 Å². The summed E-state index contributed by atoms with van der Waals surface area (Å²) in [7, 11) is 0. The van der Waals surface area contributed by atoms with Gasteiger partial charge in [-0.1, -0.05) is 26.7 Å². The number of carbonyl (C=O) groups is 1. The van der Waals surface area contributed by atoms with Gasteiger partial charge in [-0.25, -0.2) is 0 Å². The highest BCUT2D eigenvalue weighted by Crippen LogP contribution is 2.22. The van der Waals surface area contributed by atoms with Crippen molar-refractivity contribution < 1.29 is 13.9 Å². The molecule has 0 aromatic carbocycles. The largest absolute Gasteiger partial charge is 0.465 e. The van der Waals surface area contributed by atoms with Crippen LogP contribution in [-0.2, 0) is 9.53 Å². The summed E-state index contributed by atoms with van der Waals surface area (Å²) in [5.74, 6) is 1.15. The molecule has 0 radical (unpaired) electrons. The zero-order valence-corrected chi connectivity index (χ0v) is 12.0. The lowest BCUT2D eigenvalue weighted by Crippen LogP contribution is -2.26. The topological polar surface area (TPSA) is 26.3 Å². The molecule has 0 heterocycles. The minimum atomic E-state index is -0.218. The van der Waals surface area contributed by atoms with E-state index < -0.39 is 0 Å². The number of hydrogen-bond acceptors (Lipinski definition) is 3. The molecule has 0 aromatic rings. The van der Waals surface area contributed by atoms with Crippen LogP contribution in [0.15, 0.2) is 0 Å². The maximum absolute atomic E-state index is 11.9. The molecule has 1 unspecified atom stereocenters. The van der Waals surface area contributed by atoms with Crippen molar-refractivity contribution >= 4 is 17.7 Å². The Morgan fingerprint density at radius 3 is 2.41 bits per heavy atom. The Morgan fingerprint density at radius 2 is 1.88 bits per heavy atom. The number of alkyl halides is 1. The van der Waals surface area contributed by atoms with Crippen LogP contribution in [0.1, 0.15) is 46.5 Å². The van der Waals surface area contributed by atoms with E-state index in [2.05, 4.69) is 0 Å². The molecule has 2 nitrogen and oxygen atoms in total. The fourth-order valence-electron chi connectivity index (χ4n) is 1.52. The van der Waals surface area contributed by atoms with Crippen LogP contribution in [0.3, 0.4) is 0 Å². The molecule has 0 rings (SSSR count). The van der Waals surface area contributed by atoms with E-state index in [0.717, 1.165) is 25.0 Å². The van der Waals surface area contributed by atoms with Crippen LogP contribution in [-0.4, -0.2) is 30.3 Å². The SMILES string of the molecule is CCOC(=O)C(SCCCCCCF)C(C)C. The van der Waals surface area contributed by atoms with Gasteiger partial charge in [-0.3, -0.25) is 9.18 Å². The van der Waals surface area contributed by atoms with Gasteiger partial charge in [0.05, 0.1) is 13.3 Å². The standard InChI is InChI=1S/C13H25FO2S/c1-4-16-13(15)12(11(2)3)17-10-8-6-5-7-9-14/h11-12H,4-10H2,1-3H3. The number of halogens is 1. The first-order chi connectivity index (χ1) is 8.13. The van der Waals surface area contributed by atoms with Crippen LogP contribution in [0, 0.1) is 5.92 Å². The Bertz CT molecular complexity index is 198. The van der Waals surface area contributed by atoms with Crippen LogP contribution in [0.2, 0.25) is 0 Å². The molecule has 0 saturated carbocycles. The van der Waals surface area contributed by atoms with Crippen LogP contribution in [0.4, 0.5) is 4.39 Å². The number of ether oxygens (including phenoxy) is 1. The second kappa shape index (κ2) is 10.9. The smallest absolute Gasteiger partial charge is 0.319 e. The molecule has 0 N–H and O–H groups in total. The molecule has 1 atom stereocenters. The first-order valence-corrected chi connectivity index (χ1v) is 7.52. The van der Waals surface area contributed by atoms with Gasteiger partial charge in [0, 0.05) is 0 Å². The van der Waals surface area contributed by atoms with E-state index >= 15 is 0 Å². The number of esters is 1. The molecular formula is C13H25FO2S. The van der Waals surface area contributed by atoms with Crippen molar-refractivity contribution in [2.75, 3.05) is 19.0 Å². The first kappa shape index (κ1) is 16.8. The van der Waals surface area contributed by atoms with Gasteiger partial charge in [-0.05, 0) is 31.4 Å². The Hall–Kier alpha value is -0.250. The maximum atomic E-state index is 11.9. The molecule has 0 spiro atoms. The summed E-state index contributed by atoms with van der Waals surface area (Å²) in [5, 5.41) is -0.0591. The van der Waals surface area contributed by atoms with E-state index in [1.165, 1.54) is 0 Å². The summed E-state index contributed by atoms with van der Waals surface area (Å²) in [6, 6.07) is 0. The molecule has 0 aromatic heterocycles. The third kappa shape index (κ3) is 8.47. The van der Waals surface area contributed by atoms with Crippen molar-refractivity contribution in [2.24, 2.45) is 5.92 Å². The lowest BCUT2D eigenvalue weighted by molar-refractivity contribution is -0.143. The van der Waals surface area contributed by atoms with Crippen LogP contribution >= 0.6 is 11.8 Å². The van der Waals surface area contributed by atoms with Crippen molar-refractivity contribution in [1.82, 2.24) is 0 Å². The van der Waals surface area contributed by atoms with Crippen molar-refractivity contribution in [3.05, 3.63) is 0 Å². The van der Waals surface area contributed by atoms with Gasteiger partial charge in [0.15, 0.2) is 0 Å². The van der Waals surface area contributed by atoms with Crippen molar-refractivity contribution in [3.8, 4) is 0 Å². The summed E-state index contributed by atoms with van der Waals surface area (Å²) in [6.07, 6.45) is 3.71. The maximum Gasteiger partial charge on any atom is 0.319 e. The fraction of sp³-hybridized carbons (Fsp3) is 0.923. The molecular weight excluding hydrogens is 239 g/mol. The van der Waals surface area contributed by atoms with Crippen molar-refractivity contribution in [1.29, 1.82) is 0 Å². The Kier molecular flexibility index (Phi) is 10.7. The third-order valence-electron chi connectivity index (χ3n) is 2.45. The number of unbranched alkanes of at least 4 members (excludes halogenated alkanes) is 3. The van der Waals surface area contributed by atoms with Crippen molar-refractivity contribution in [2.45, 2.75) is 51.7 Å². The summed E-state index contributed by atoms with van der Waals surface area (Å²) in [6.45, 7) is 6.13. The Balaban J connectivity index is 3.74. The van der Waals surface area contributed by atoms with E-state index in [0.29, 0.717) is 18.9 Å². The molecule has 0 aliphatic heterocycles. The highest BCUT2D eigenvalue weighted by atomic mass is 32.2. The van der Waals surface area contributed by atoms with Gasteiger partial charge >= 0.3 is 5.97 Å². The summed E-state index contributed by atoms with van der Waals surface area (Å²) >= 11 is 1.67. The highest BCUT2D eigenvalue weighted by molar-refractivity contribution is 8.00. The molecule has 0 aliphatic rings. The monoisotopic (exact) mass is 264 g/mol. The number of rotatable bonds is 10. The van der Waals surface area contributed by atoms with Gasteiger partial charge < -0.3 is 4.74 Å². The molecule has 4 heteroatoms. The Labute approximate surface area is 109 Å². The van der Waals surface area contributed by atoms with Gasteiger partial charge in [0.2, 0.25) is 0 Å². The zero-order chi connectivity index (χ0) is 13.1. The first-order valence-electron chi connectivity index (χ1n) is 6.47. The quantitative estimate of drug-likeness (QED) is 0.443. The van der Waals surface area contributed by atoms with E-state index in [1.807, 2.05) is 20.8 Å². The van der Waals surface area contributed by atoms with Crippen LogP contribution < -0.4 is 0 Å². The van der Waals surface area contributed by atoms with Gasteiger partial charge in [0.1, 0.15) is 5.25 Å². The number of hydrogen-bond donors (Lipinski definition) is 0. The lowest BCUT2D eigenvalue weighted by Gasteiger charge is -2.18. The second-order valence-corrected chi connectivity index (χ2v) is 5.64. The molecule has 102 valence electrons. The van der Waals surface area contributed by atoms with Gasteiger partial charge in [-0.2, -0.15) is 0 Å². The van der Waals surface area contributed by atoms with Gasteiger partial charge in [-0.15, -0.1) is 11.8 Å². The normalized spacial score (nSPS) is 12.8. The van der Waals surface area contributed by atoms with Crippen LogP contribution in [0.25, 0.3) is 0 Å². The van der Waals surface area contributed by atoms with E-state index in [1.54, 1.807) is 11.8 Å². The molecule has 0 aliphatic carbocycles. The fourth-order valence-corrected chi connectivity index (χ4v) is 2.73. The number of carbonyl (C=O) groups excluding carboxylic acids is 1. The minimum absolute atomic E-state index is 0.0591. The molecule has 0 saturated heterocycles. The predicted molar refractivity (Wildman–Crippen MR) is 72.2 cm³/mol. The van der Waals surface area contributed by atoms with E-state index in [-0.39, 0.29) is 17.9 Å². The lowest BCUT2D eigenvalue weighted by atomic mass is 10.1. The van der Waals surface area contributed by atoms with E-state index in [4.69, 9.17) is 4.74 Å². The van der Waals surface area contributed by atoms with Gasteiger partial charge in [0.25, 0.3) is 0 Å².